The van der Waals surface area contributed by atoms with Crippen LogP contribution in [0.15, 0.2) is 18.2 Å². The number of nitrogens with zero attached hydrogens (tertiary/aromatic N) is 2. The summed E-state index contributed by atoms with van der Waals surface area (Å²) in [5.74, 6) is 1.97. The van der Waals surface area contributed by atoms with Crippen LogP contribution in [0, 0.1) is 5.92 Å². The van der Waals surface area contributed by atoms with Crippen LogP contribution >= 0.6 is 11.6 Å². The molecule has 1 fully saturated rings. The van der Waals surface area contributed by atoms with Crippen molar-refractivity contribution in [2.24, 2.45) is 11.7 Å². The number of imidazole rings is 1. The van der Waals surface area contributed by atoms with E-state index >= 15 is 0 Å². The molecule has 0 atom stereocenters. The van der Waals surface area contributed by atoms with Crippen LogP contribution in [0.1, 0.15) is 45.4 Å². The van der Waals surface area contributed by atoms with E-state index in [9.17, 15) is 0 Å². The Hall–Kier alpha value is -1.06. The first kappa shape index (κ1) is 14.9. The van der Waals surface area contributed by atoms with Crippen LogP contribution in [0.4, 0.5) is 0 Å². The lowest BCUT2D eigenvalue weighted by molar-refractivity contribution is 0.232. The van der Waals surface area contributed by atoms with Gasteiger partial charge in [-0.1, -0.05) is 18.5 Å². The zero-order valence-electron chi connectivity index (χ0n) is 12.9. The van der Waals surface area contributed by atoms with Gasteiger partial charge in [-0.3, -0.25) is 0 Å². The van der Waals surface area contributed by atoms with E-state index in [-0.39, 0.29) is 5.41 Å². The molecule has 0 aliphatic heterocycles. The Balaban J connectivity index is 2.13. The van der Waals surface area contributed by atoms with Gasteiger partial charge >= 0.3 is 0 Å². The number of aromatic nitrogens is 2. The second-order valence-electron chi connectivity index (χ2n) is 6.48. The van der Waals surface area contributed by atoms with Gasteiger partial charge < -0.3 is 10.3 Å². The predicted octanol–water partition coefficient (Wildman–Crippen LogP) is 4.12. The molecule has 1 saturated carbocycles. The maximum absolute atomic E-state index is 6.21. The maximum Gasteiger partial charge on any atom is 0.117 e. The highest BCUT2D eigenvalue weighted by Crippen LogP contribution is 2.41. The lowest BCUT2D eigenvalue weighted by Gasteiger charge is -2.38. The number of benzene rings is 1. The highest BCUT2D eigenvalue weighted by atomic mass is 35.5. The molecule has 1 aliphatic carbocycles. The van der Waals surface area contributed by atoms with Crippen LogP contribution in [0.3, 0.4) is 0 Å². The number of halogens is 1. The predicted molar refractivity (Wildman–Crippen MR) is 88.8 cm³/mol. The van der Waals surface area contributed by atoms with Crippen LogP contribution in [0.25, 0.3) is 11.0 Å². The Kier molecular flexibility index (Phi) is 3.98. The summed E-state index contributed by atoms with van der Waals surface area (Å²) in [5, 5.41) is 0.744. The molecule has 1 aromatic heterocycles. The first-order chi connectivity index (χ1) is 10.1. The monoisotopic (exact) mass is 305 g/mol. The fourth-order valence-electron chi connectivity index (χ4n) is 3.66. The summed E-state index contributed by atoms with van der Waals surface area (Å²) in [6.45, 7) is 6.11. The minimum Gasteiger partial charge on any atom is -0.329 e. The summed E-state index contributed by atoms with van der Waals surface area (Å²) in [4.78, 5) is 4.93. The molecule has 3 rings (SSSR count). The zero-order valence-corrected chi connectivity index (χ0v) is 13.7. The Labute approximate surface area is 131 Å². The summed E-state index contributed by atoms with van der Waals surface area (Å²) in [5.41, 5.74) is 8.41. The SMILES string of the molecule is CCn1c(C2(CN)CCC(C)CC2)nc2cc(Cl)ccc21. The molecule has 3 nitrogen and oxygen atoms in total. The molecule has 0 saturated heterocycles. The molecule has 0 bridgehead atoms. The van der Waals surface area contributed by atoms with Gasteiger partial charge in [-0.2, -0.15) is 0 Å². The molecular formula is C17H24ClN3. The van der Waals surface area contributed by atoms with E-state index in [2.05, 4.69) is 24.5 Å². The summed E-state index contributed by atoms with van der Waals surface area (Å²) >= 11 is 6.12. The second kappa shape index (κ2) is 5.62. The molecule has 0 amide bonds. The molecule has 2 N–H and O–H groups in total. The molecule has 4 heteroatoms. The van der Waals surface area contributed by atoms with Crippen molar-refractivity contribution in [1.29, 1.82) is 0 Å². The highest BCUT2D eigenvalue weighted by Gasteiger charge is 2.38. The number of hydrogen-bond donors (Lipinski definition) is 1. The molecule has 0 unspecified atom stereocenters. The van der Waals surface area contributed by atoms with Gasteiger partial charge in [-0.15, -0.1) is 0 Å². The smallest absolute Gasteiger partial charge is 0.117 e. The Morgan fingerprint density at radius 2 is 2.10 bits per heavy atom. The van der Waals surface area contributed by atoms with E-state index in [4.69, 9.17) is 22.3 Å². The van der Waals surface area contributed by atoms with Crippen molar-refractivity contribution in [2.45, 2.75) is 51.5 Å². The van der Waals surface area contributed by atoms with Crippen molar-refractivity contribution in [3.63, 3.8) is 0 Å². The summed E-state index contributed by atoms with van der Waals surface area (Å²) in [6, 6.07) is 5.98. The van der Waals surface area contributed by atoms with E-state index < -0.39 is 0 Å². The normalized spacial score (nSPS) is 26.4. The van der Waals surface area contributed by atoms with Crippen molar-refractivity contribution in [3.05, 3.63) is 29.0 Å². The van der Waals surface area contributed by atoms with Gasteiger partial charge in [-0.25, -0.2) is 4.98 Å². The van der Waals surface area contributed by atoms with Crippen molar-refractivity contribution in [2.75, 3.05) is 6.54 Å². The summed E-state index contributed by atoms with van der Waals surface area (Å²) < 4.78 is 2.33. The topological polar surface area (TPSA) is 43.8 Å². The molecule has 21 heavy (non-hydrogen) atoms. The fourth-order valence-corrected chi connectivity index (χ4v) is 3.83. The molecule has 114 valence electrons. The maximum atomic E-state index is 6.21. The first-order valence-electron chi connectivity index (χ1n) is 7.96. The average molecular weight is 306 g/mol. The van der Waals surface area contributed by atoms with Crippen molar-refractivity contribution in [3.8, 4) is 0 Å². The Morgan fingerprint density at radius 1 is 1.38 bits per heavy atom. The van der Waals surface area contributed by atoms with Gasteiger partial charge in [0, 0.05) is 23.5 Å². The minimum atomic E-state index is 0.0357. The molecule has 2 aromatic rings. The molecule has 1 heterocycles. The Bertz CT molecular complexity index is 639. The van der Waals surface area contributed by atoms with Gasteiger partial charge in [0.1, 0.15) is 5.82 Å². The van der Waals surface area contributed by atoms with E-state index in [0.717, 1.165) is 41.7 Å². The van der Waals surface area contributed by atoms with E-state index in [0.29, 0.717) is 6.54 Å². The molecule has 1 aliphatic rings. The van der Waals surface area contributed by atoms with Crippen LogP contribution in [-0.4, -0.2) is 16.1 Å². The number of nitrogens with two attached hydrogens (primary N) is 1. The number of rotatable bonds is 3. The lowest BCUT2D eigenvalue weighted by Crippen LogP contribution is -2.41. The lowest BCUT2D eigenvalue weighted by atomic mass is 9.70. The third-order valence-electron chi connectivity index (χ3n) is 5.12. The van der Waals surface area contributed by atoms with Gasteiger partial charge in [0.2, 0.25) is 0 Å². The molecule has 0 radical (unpaired) electrons. The third-order valence-corrected chi connectivity index (χ3v) is 5.36. The third kappa shape index (κ3) is 2.47. The standard InChI is InChI=1S/C17H24ClN3/c1-3-21-15-5-4-13(18)10-14(15)20-16(21)17(11-19)8-6-12(2)7-9-17/h4-5,10,12H,3,6-9,11,19H2,1-2H3. The van der Waals surface area contributed by atoms with Gasteiger partial charge in [-0.05, 0) is 56.7 Å². The van der Waals surface area contributed by atoms with Crippen LogP contribution in [0.5, 0.6) is 0 Å². The Morgan fingerprint density at radius 3 is 2.71 bits per heavy atom. The highest BCUT2D eigenvalue weighted by molar-refractivity contribution is 6.31. The summed E-state index contributed by atoms with van der Waals surface area (Å²) in [6.07, 6.45) is 4.76. The second-order valence-corrected chi connectivity index (χ2v) is 6.92. The number of aryl methyl sites for hydroxylation is 1. The van der Waals surface area contributed by atoms with Gasteiger partial charge in [0.05, 0.1) is 11.0 Å². The first-order valence-corrected chi connectivity index (χ1v) is 8.34. The fraction of sp³-hybridized carbons (Fsp3) is 0.588. The van der Waals surface area contributed by atoms with Crippen LogP contribution in [0.2, 0.25) is 5.02 Å². The van der Waals surface area contributed by atoms with E-state index in [1.807, 2.05) is 12.1 Å². The number of fused-ring (bicyclic) bond motifs is 1. The molecule has 1 aromatic carbocycles. The van der Waals surface area contributed by atoms with Crippen LogP contribution < -0.4 is 5.73 Å². The minimum absolute atomic E-state index is 0.0357. The number of hydrogen-bond acceptors (Lipinski definition) is 2. The van der Waals surface area contributed by atoms with E-state index in [1.165, 1.54) is 18.4 Å². The van der Waals surface area contributed by atoms with Crippen molar-refractivity contribution >= 4 is 22.6 Å². The van der Waals surface area contributed by atoms with Crippen molar-refractivity contribution in [1.82, 2.24) is 9.55 Å². The van der Waals surface area contributed by atoms with E-state index in [1.54, 1.807) is 0 Å². The quantitative estimate of drug-likeness (QED) is 0.927. The van der Waals surface area contributed by atoms with Gasteiger partial charge in [0.25, 0.3) is 0 Å². The zero-order chi connectivity index (χ0) is 15.0. The van der Waals surface area contributed by atoms with Crippen LogP contribution in [-0.2, 0) is 12.0 Å². The summed E-state index contributed by atoms with van der Waals surface area (Å²) in [7, 11) is 0. The average Bonchev–Trinajstić information content (AvgIpc) is 2.86. The van der Waals surface area contributed by atoms with Crippen molar-refractivity contribution < 1.29 is 0 Å². The molecule has 0 spiro atoms. The van der Waals surface area contributed by atoms with Gasteiger partial charge in [0.15, 0.2) is 0 Å². The largest absolute Gasteiger partial charge is 0.329 e. The molecular weight excluding hydrogens is 282 g/mol.